The van der Waals surface area contributed by atoms with Crippen molar-refractivity contribution < 1.29 is 27.5 Å². The first kappa shape index (κ1) is 24.2. The number of hydrogen-bond donors (Lipinski definition) is 1. The lowest BCUT2D eigenvalue weighted by atomic mass is 9.91. The highest BCUT2D eigenvalue weighted by Gasteiger charge is 2.33. The SMILES string of the molecule is CCC(C)C(C(CC=O)OC)N(C)C(=O)CNc1ncc(C(F)(F)F)cc1Cl. The molecule has 1 aromatic rings. The molecular formula is C18H25ClF3N3O3. The predicted molar refractivity (Wildman–Crippen MR) is 100 cm³/mol. The van der Waals surface area contributed by atoms with E-state index in [9.17, 15) is 22.8 Å². The van der Waals surface area contributed by atoms with Gasteiger partial charge in [0.15, 0.2) is 0 Å². The Balaban J connectivity index is 2.88. The summed E-state index contributed by atoms with van der Waals surface area (Å²) in [5.41, 5.74) is -0.972. The van der Waals surface area contributed by atoms with Crippen LogP contribution in [0.3, 0.4) is 0 Å². The fourth-order valence-corrected chi connectivity index (χ4v) is 3.12. The molecule has 0 spiro atoms. The van der Waals surface area contributed by atoms with Gasteiger partial charge >= 0.3 is 6.18 Å². The average molecular weight is 424 g/mol. The van der Waals surface area contributed by atoms with Crippen LogP contribution in [0.15, 0.2) is 12.3 Å². The van der Waals surface area contributed by atoms with E-state index in [1.165, 1.54) is 12.0 Å². The van der Waals surface area contributed by atoms with Gasteiger partial charge in [-0.1, -0.05) is 31.9 Å². The second-order valence-electron chi connectivity index (χ2n) is 6.46. The summed E-state index contributed by atoms with van der Waals surface area (Å²) in [6, 6.07) is 0.406. The molecule has 1 heterocycles. The Morgan fingerprint density at radius 2 is 2.11 bits per heavy atom. The van der Waals surface area contributed by atoms with Gasteiger partial charge in [0, 0.05) is 26.8 Å². The molecule has 3 atom stereocenters. The fourth-order valence-electron chi connectivity index (χ4n) is 2.88. The van der Waals surface area contributed by atoms with Gasteiger partial charge in [0.25, 0.3) is 0 Å². The number of halogens is 4. The van der Waals surface area contributed by atoms with Crippen molar-refractivity contribution in [1.82, 2.24) is 9.88 Å². The number of amides is 1. The molecule has 0 aromatic carbocycles. The first-order chi connectivity index (χ1) is 13.1. The Hall–Kier alpha value is -1.87. The number of nitrogens with one attached hydrogen (secondary N) is 1. The molecule has 1 amide bonds. The lowest BCUT2D eigenvalue weighted by Crippen LogP contribution is -2.50. The molecule has 0 radical (unpaired) electrons. The van der Waals surface area contributed by atoms with Gasteiger partial charge in [-0.05, 0) is 12.0 Å². The molecule has 28 heavy (non-hydrogen) atoms. The maximum Gasteiger partial charge on any atom is 0.417 e. The van der Waals surface area contributed by atoms with Crippen molar-refractivity contribution >= 4 is 29.6 Å². The highest BCUT2D eigenvalue weighted by molar-refractivity contribution is 6.33. The number of anilines is 1. The number of pyridine rings is 1. The highest BCUT2D eigenvalue weighted by Crippen LogP contribution is 2.32. The summed E-state index contributed by atoms with van der Waals surface area (Å²) in [4.78, 5) is 28.7. The maximum atomic E-state index is 12.7. The normalized spacial score (nSPS) is 14.9. The first-order valence-electron chi connectivity index (χ1n) is 8.75. The minimum absolute atomic E-state index is 0.0207. The van der Waals surface area contributed by atoms with Crippen LogP contribution in [0.1, 0.15) is 32.3 Å². The number of likely N-dealkylation sites (N-methyl/N-ethyl adjacent to an activating group) is 1. The molecule has 0 aliphatic carbocycles. The smallest absolute Gasteiger partial charge is 0.379 e. The van der Waals surface area contributed by atoms with Gasteiger partial charge in [0.2, 0.25) is 5.91 Å². The minimum atomic E-state index is -4.55. The molecule has 6 nitrogen and oxygen atoms in total. The Labute approximate surface area is 167 Å². The van der Waals surface area contributed by atoms with Crippen molar-refractivity contribution in [3.63, 3.8) is 0 Å². The molecule has 0 aliphatic rings. The summed E-state index contributed by atoms with van der Waals surface area (Å²) in [5.74, 6) is -0.296. The number of methoxy groups -OCH3 is 1. The lowest BCUT2D eigenvalue weighted by Gasteiger charge is -2.37. The molecule has 0 aliphatic heterocycles. The molecule has 1 aromatic heterocycles. The van der Waals surface area contributed by atoms with E-state index in [4.69, 9.17) is 16.3 Å². The summed E-state index contributed by atoms with van der Waals surface area (Å²) in [5, 5.41) is 2.42. The Morgan fingerprint density at radius 1 is 1.46 bits per heavy atom. The van der Waals surface area contributed by atoms with E-state index in [0.717, 1.165) is 18.8 Å². The Morgan fingerprint density at radius 3 is 2.57 bits per heavy atom. The molecule has 0 bridgehead atoms. The third-order valence-corrected chi connectivity index (χ3v) is 4.94. The zero-order valence-electron chi connectivity index (χ0n) is 16.2. The summed E-state index contributed by atoms with van der Waals surface area (Å²) in [6.45, 7) is 3.69. The molecular weight excluding hydrogens is 399 g/mol. The highest BCUT2D eigenvalue weighted by atomic mass is 35.5. The van der Waals surface area contributed by atoms with Crippen molar-refractivity contribution in [3.8, 4) is 0 Å². The molecule has 3 unspecified atom stereocenters. The first-order valence-corrected chi connectivity index (χ1v) is 9.13. The van der Waals surface area contributed by atoms with E-state index >= 15 is 0 Å². The fraction of sp³-hybridized carbons (Fsp3) is 0.611. The van der Waals surface area contributed by atoms with Crippen molar-refractivity contribution in [2.75, 3.05) is 26.0 Å². The van der Waals surface area contributed by atoms with E-state index in [0.29, 0.717) is 6.20 Å². The standard InChI is InChI=1S/C18H25ClF3N3O3/c1-5-11(2)16(14(28-4)6-7-26)25(3)15(27)10-24-17-13(19)8-12(9-23-17)18(20,21)22/h7-9,11,14,16H,5-6,10H2,1-4H3,(H,23,24). The van der Waals surface area contributed by atoms with Gasteiger partial charge in [-0.2, -0.15) is 13.2 Å². The van der Waals surface area contributed by atoms with E-state index < -0.39 is 17.8 Å². The number of alkyl halides is 3. The summed E-state index contributed by atoms with van der Waals surface area (Å²) in [6.07, 6.45) is -2.72. The van der Waals surface area contributed by atoms with E-state index in [-0.39, 0.29) is 41.7 Å². The quantitative estimate of drug-likeness (QED) is 0.582. The van der Waals surface area contributed by atoms with Gasteiger partial charge in [-0.3, -0.25) is 4.79 Å². The topological polar surface area (TPSA) is 71.5 Å². The van der Waals surface area contributed by atoms with Crippen LogP contribution < -0.4 is 5.32 Å². The maximum absolute atomic E-state index is 12.7. The molecule has 0 fully saturated rings. The van der Waals surface area contributed by atoms with Crippen LogP contribution in [0.5, 0.6) is 0 Å². The van der Waals surface area contributed by atoms with Crippen LogP contribution >= 0.6 is 11.6 Å². The van der Waals surface area contributed by atoms with Crippen molar-refractivity contribution in [1.29, 1.82) is 0 Å². The number of carbonyl (C=O) groups is 2. The number of carbonyl (C=O) groups excluding carboxylic acids is 2. The van der Waals surface area contributed by atoms with Crippen LogP contribution in [-0.4, -0.2) is 54.9 Å². The lowest BCUT2D eigenvalue weighted by molar-refractivity contribution is -0.138. The van der Waals surface area contributed by atoms with Crippen LogP contribution in [0.4, 0.5) is 19.0 Å². The van der Waals surface area contributed by atoms with E-state index in [2.05, 4.69) is 10.3 Å². The van der Waals surface area contributed by atoms with Crippen LogP contribution in [0.25, 0.3) is 0 Å². The number of aldehydes is 1. The molecule has 0 saturated heterocycles. The van der Waals surface area contributed by atoms with Gasteiger partial charge in [-0.25, -0.2) is 4.98 Å². The van der Waals surface area contributed by atoms with Crippen molar-refractivity contribution in [2.45, 2.75) is 45.0 Å². The monoisotopic (exact) mass is 423 g/mol. The van der Waals surface area contributed by atoms with Gasteiger partial charge < -0.3 is 19.7 Å². The number of aromatic nitrogens is 1. The summed E-state index contributed by atoms with van der Waals surface area (Å²) < 4.78 is 43.4. The van der Waals surface area contributed by atoms with E-state index in [1.807, 2.05) is 13.8 Å². The van der Waals surface area contributed by atoms with E-state index in [1.54, 1.807) is 7.05 Å². The largest absolute Gasteiger partial charge is 0.417 e. The van der Waals surface area contributed by atoms with Crippen molar-refractivity contribution in [2.24, 2.45) is 5.92 Å². The Kier molecular flexibility index (Phi) is 9.16. The second kappa shape index (κ2) is 10.6. The summed E-state index contributed by atoms with van der Waals surface area (Å²) >= 11 is 5.84. The summed E-state index contributed by atoms with van der Waals surface area (Å²) in [7, 11) is 3.07. The van der Waals surface area contributed by atoms with Crippen LogP contribution in [0.2, 0.25) is 5.02 Å². The number of hydrogen-bond acceptors (Lipinski definition) is 5. The van der Waals surface area contributed by atoms with Gasteiger partial charge in [0.1, 0.15) is 12.1 Å². The molecule has 0 saturated carbocycles. The number of rotatable bonds is 10. The zero-order chi connectivity index (χ0) is 21.5. The van der Waals surface area contributed by atoms with Crippen LogP contribution in [-0.2, 0) is 20.5 Å². The molecule has 10 heteroatoms. The second-order valence-corrected chi connectivity index (χ2v) is 6.87. The number of nitrogens with zero attached hydrogens (tertiary/aromatic N) is 2. The Bertz CT molecular complexity index is 673. The molecule has 1 N–H and O–H groups in total. The molecule has 158 valence electrons. The number of ether oxygens (including phenoxy) is 1. The van der Waals surface area contributed by atoms with Gasteiger partial charge in [-0.15, -0.1) is 0 Å². The van der Waals surface area contributed by atoms with Crippen LogP contribution in [0, 0.1) is 5.92 Å². The predicted octanol–water partition coefficient (Wildman–Crippen LogP) is 3.64. The van der Waals surface area contributed by atoms with Gasteiger partial charge in [0.05, 0.1) is 29.3 Å². The average Bonchev–Trinajstić information content (AvgIpc) is 2.64. The van der Waals surface area contributed by atoms with Crippen molar-refractivity contribution in [3.05, 3.63) is 22.8 Å². The molecule has 1 rings (SSSR count). The third-order valence-electron chi connectivity index (χ3n) is 4.66. The zero-order valence-corrected chi connectivity index (χ0v) is 17.0. The minimum Gasteiger partial charge on any atom is -0.379 e. The third kappa shape index (κ3) is 6.34.